The van der Waals surface area contributed by atoms with Gasteiger partial charge in [-0.05, 0) is 71.4 Å². The highest BCUT2D eigenvalue weighted by molar-refractivity contribution is 4.90. The molecule has 1 saturated heterocycles. The van der Waals surface area contributed by atoms with Crippen LogP contribution in [0.3, 0.4) is 0 Å². The van der Waals surface area contributed by atoms with Crippen LogP contribution < -0.4 is 5.32 Å². The molecule has 2 heteroatoms. The van der Waals surface area contributed by atoms with Crippen molar-refractivity contribution in [3.8, 4) is 0 Å². The van der Waals surface area contributed by atoms with Gasteiger partial charge in [0, 0.05) is 18.1 Å². The first kappa shape index (κ1) is 16.3. The van der Waals surface area contributed by atoms with Gasteiger partial charge in [-0.2, -0.15) is 0 Å². The van der Waals surface area contributed by atoms with Gasteiger partial charge in [0.25, 0.3) is 0 Å². The Hall–Kier alpha value is -0.0800. The average Bonchev–Trinajstić information content (AvgIpc) is 2.47. The van der Waals surface area contributed by atoms with Crippen molar-refractivity contribution in [2.24, 2.45) is 5.41 Å². The zero-order valence-corrected chi connectivity index (χ0v) is 14.3. The molecule has 2 fully saturated rings. The largest absolute Gasteiger partial charge is 0.310 e. The highest BCUT2D eigenvalue weighted by Crippen LogP contribution is 2.44. The number of hydrogen-bond donors (Lipinski definition) is 1. The molecule has 1 aliphatic heterocycles. The van der Waals surface area contributed by atoms with Gasteiger partial charge in [-0.15, -0.1) is 0 Å². The minimum atomic E-state index is 0.286. The van der Waals surface area contributed by atoms with Gasteiger partial charge in [-0.1, -0.05) is 26.2 Å². The molecule has 2 rings (SSSR count). The van der Waals surface area contributed by atoms with Crippen molar-refractivity contribution in [2.75, 3.05) is 19.6 Å². The van der Waals surface area contributed by atoms with Gasteiger partial charge in [0.05, 0.1) is 0 Å². The summed E-state index contributed by atoms with van der Waals surface area (Å²) in [6.07, 6.45) is 11.6. The van der Waals surface area contributed by atoms with Gasteiger partial charge in [0.1, 0.15) is 0 Å². The lowest BCUT2D eigenvalue weighted by molar-refractivity contribution is 0.0473. The molecule has 1 heterocycles. The van der Waals surface area contributed by atoms with Gasteiger partial charge in [-0.25, -0.2) is 0 Å². The van der Waals surface area contributed by atoms with Crippen LogP contribution in [0.25, 0.3) is 0 Å². The zero-order chi connectivity index (χ0) is 14.6. The van der Waals surface area contributed by atoms with Gasteiger partial charge in [-0.3, -0.25) is 4.90 Å². The van der Waals surface area contributed by atoms with Crippen molar-refractivity contribution in [1.29, 1.82) is 0 Å². The zero-order valence-electron chi connectivity index (χ0n) is 14.3. The molecule has 0 aromatic heterocycles. The summed E-state index contributed by atoms with van der Waals surface area (Å²) < 4.78 is 0. The van der Waals surface area contributed by atoms with E-state index in [0.717, 1.165) is 12.0 Å². The number of piperidine rings is 1. The summed E-state index contributed by atoms with van der Waals surface area (Å²) in [5, 5.41) is 3.74. The van der Waals surface area contributed by atoms with Gasteiger partial charge < -0.3 is 5.32 Å². The topological polar surface area (TPSA) is 15.3 Å². The van der Waals surface area contributed by atoms with E-state index in [4.69, 9.17) is 0 Å². The maximum absolute atomic E-state index is 3.74. The minimum Gasteiger partial charge on any atom is -0.310 e. The lowest BCUT2D eigenvalue weighted by atomic mass is 9.68. The maximum Gasteiger partial charge on any atom is 0.0192 e. The first-order chi connectivity index (χ1) is 9.46. The monoisotopic (exact) mass is 280 g/mol. The van der Waals surface area contributed by atoms with Gasteiger partial charge >= 0.3 is 0 Å². The highest BCUT2D eigenvalue weighted by Gasteiger charge is 2.36. The summed E-state index contributed by atoms with van der Waals surface area (Å²) in [5.74, 6) is 0. The third-order valence-corrected chi connectivity index (χ3v) is 6.16. The van der Waals surface area contributed by atoms with Gasteiger partial charge in [0.15, 0.2) is 0 Å². The molecule has 1 atom stereocenters. The third kappa shape index (κ3) is 4.21. The van der Waals surface area contributed by atoms with Crippen LogP contribution in [-0.2, 0) is 0 Å². The lowest BCUT2D eigenvalue weighted by Gasteiger charge is -2.46. The maximum atomic E-state index is 3.74. The van der Waals surface area contributed by atoms with Crippen LogP contribution >= 0.6 is 0 Å². The predicted molar refractivity (Wildman–Crippen MR) is 88.2 cm³/mol. The molecule has 0 bridgehead atoms. The second-order valence-corrected chi connectivity index (χ2v) is 8.06. The molecule has 0 radical (unpaired) electrons. The number of nitrogens with zero attached hydrogens (tertiary/aromatic N) is 1. The summed E-state index contributed by atoms with van der Waals surface area (Å²) in [6.45, 7) is 13.1. The van der Waals surface area contributed by atoms with E-state index in [9.17, 15) is 0 Å². The van der Waals surface area contributed by atoms with E-state index in [2.05, 4.69) is 37.9 Å². The normalized spacial score (nSPS) is 25.8. The number of hydrogen-bond acceptors (Lipinski definition) is 2. The molecule has 1 N–H and O–H groups in total. The van der Waals surface area contributed by atoms with E-state index in [1.165, 1.54) is 64.5 Å². The Bertz CT molecular complexity index is 282. The Balaban J connectivity index is 1.75. The molecule has 0 aromatic carbocycles. The van der Waals surface area contributed by atoms with Crippen LogP contribution in [-0.4, -0.2) is 36.1 Å². The molecule has 1 spiro atoms. The predicted octanol–water partition coefficient (Wildman–Crippen LogP) is 4.20. The Morgan fingerprint density at radius 2 is 1.65 bits per heavy atom. The number of nitrogens with one attached hydrogen (secondary N) is 1. The highest BCUT2D eigenvalue weighted by atomic mass is 15.2. The molecular formula is C18H36N2. The summed E-state index contributed by atoms with van der Waals surface area (Å²) in [7, 11) is 0. The van der Waals surface area contributed by atoms with Crippen LogP contribution in [0.4, 0.5) is 0 Å². The summed E-state index contributed by atoms with van der Waals surface area (Å²) in [5.41, 5.74) is 1.03. The Kier molecular flexibility index (Phi) is 5.53. The number of rotatable bonds is 5. The van der Waals surface area contributed by atoms with Crippen LogP contribution in [0.5, 0.6) is 0 Å². The Labute approximate surface area is 126 Å². The molecule has 1 saturated carbocycles. The van der Waals surface area contributed by atoms with Crippen molar-refractivity contribution in [3.63, 3.8) is 0 Å². The quantitative estimate of drug-likeness (QED) is 0.812. The summed E-state index contributed by atoms with van der Waals surface area (Å²) >= 11 is 0. The van der Waals surface area contributed by atoms with E-state index < -0.39 is 0 Å². The van der Waals surface area contributed by atoms with Crippen molar-refractivity contribution in [1.82, 2.24) is 10.2 Å². The van der Waals surface area contributed by atoms with Crippen molar-refractivity contribution in [3.05, 3.63) is 0 Å². The number of likely N-dealkylation sites (tertiary alicyclic amines) is 1. The van der Waals surface area contributed by atoms with E-state index >= 15 is 0 Å². The van der Waals surface area contributed by atoms with Crippen LogP contribution in [0.15, 0.2) is 0 Å². The molecule has 2 nitrogen and oxygen atoms in total. The Morgan fingerprint density at radius 3 is 2.20 bits per heavy atom. The SMILES string of the molecule is CCC(C)(C)NCC(C)N1CCC2(CCCCC2)CC1. The summed E-state index contributed by atoms with van der Waals surface area (Å²) in [6, 6.07) is 0.682. The van der Waals surface area contributed by atoms with Crippen LogP contribution in [0.2, 0.25) is 0 Å². The fraction of sp³-hybridized carbons (Fsp3) is 1.00. The van der Waals surface area contributed by atoms with E-state index in [1.54, 1.807) is 0 Å². The molecule has 2 aliphatic rings. The molecule has 118 valence electrons. The average molecular weight is 280 g/mol. The molecule has 1 aliphatic carbocycles. The van der Waals surface area contributed by atoms with Crippen LogP contribution in [0, 0.1) is 5.41 Å². The van der Waals surface area contributed by atoms with E-state index in [0.29, 0.717) is 6.04 Å². The molecular weight excluding hydrogens is 244 g/mol. The van der Waals surface area contributed by atoms with Crippen molar-refractivity contribution in [2.45, 2.75) is 90.6 Å². The van der Waals surface area contributed by atoms with Crippen molar-refractivity contribution < 1.29 is 0 Å². The van der Waals surface area contributed by atoms with E-state index in [-0.39, 0.29) is 5.54 Å². The fourth-order valence-electron chi connectivity index (χ4n) is 3.92. The molecule has 1 unspecified atom stereocenters. The first-order valence-corrected chi connectivity index (χ1v) is 8.95. The third-order valence-electron chi connectivity index (χ3n) is 6.16. The standard InChI is InChI=1S/C18H36N2/c1-5-17(3,4)19-15-16(2)20-13-11-18(12-14-20)9-7-6-8-10-18/h16,19H,5-15H2,1-4H3. The lowest BCUT2D eigenvalue weighted by Crippen LogP contribution is -2.51. The van der Waals surface area contributed by atoms with Crippen molar-refractivity contribution >= 4 is 0 Å². The van der Waals surface area contributed by atoms with Crippen LogP contribution in [0.1, 0.15) is 79.1 Å². The first-order valence-electron chi connectivity index (χ1n) is 8.95. The molecule has 0 aromatic rings. The molecule has 0 amide bonds. The molecule has 20 heavy (non-hydrogen) atoms. The second kappa shape index (κ2) is 6.79. The summed E-state index contributed by atoms with van der Waals surface area (Å²) in [4.78, 5) is 2.72. The Morgan fingerprint density at radius 1 is 1.05 bits per heavy atom. The van der Waals surface area contributed by atoms with Gasteiger partial charge in [0.2, 0.25) is 0 Å². The second-order valence-electron chi connectivity index (χ2n) is 8.06. The fourth-order valence-corrected chi connectivity index (χ4v) is 3.92. The van der Waals surface area contributed by atoms with E-state index in [1.807, 2.05) is 0 Å². The smallest absolute Gasteiger partial charge is 0.0192 e. The minimum absolute atomic E-state index is 0.286.